The second-order valence-electron chi connectivity index (χ2n) is 14.7. The van der Waals surface area contributed by atoms with Crippen LogP contribution in [-0.4, -0.2) is 0 Å². The lowest BCUT2D eigenvalue weighted by molar-refractivity contribution is 0.771. The Bertz CT molecular complexity index is 2820. The molecule has 0 saturated heterocycles. The maximum atomic E-state index is 7.04. The van der Waals surface area contributed by atoms with E-state index in [4.69, 9.17) is 12.3 Å². The first-order chi connectivity index (χ1) is 27.1. The highest BCUT2D eigenvalue weighted by molar-refractivity contribution is 6.03. The molecule has 2 N–H and O–H groups in total. The van der Waals surface area contributed by atoms with Crippen molar-refractivity contribution < 1.29 is 0 Å². The maximum Gasteiger partial charge on any atom is 0.0714 e. The second-order valence-corrected chi connectivity index (χ2v) is 14.7. The lowest BCUT2D eigenvalue weighted by atomic mass is 9.64. The van der Waals surface area contributed by atoms with Crippen molar-refractivity contribution in [3.63, 3.8) is 0 Å². The van der Waals surface area contributed by atoms with Crippen molar-refractivity contribution >= 4 is 22.5 Å². The van der Waals surface area contributed by atoms with Crippen LogP contribution in [0.15, 0.2) is 212 Å². The van der Waals surface area contributed by atoms with E-state index in [1.807, 2.05) is 6.07 Å². The highest BCUT2D eigenvalue weighted by atomic mass is 14.6. The number of benzene rings is 8. The van der Waals surface area contributed by atoms with Crippen LogP contribution < -0.4 is 5.73 Å². The van der Waals surface area contributed by atoms with Gasteiger partial charge < -0.3 is 5.73 Å². The lowest BCUT2D eigenvalue weighted by Crippen LogP contribution is -2.30. The zero-order valence-electron chi connectivity index (χ0n) is 30.5. The summed E-state index contributed by atoms with van der Waals surface area (Å²) in [7, 11) is 0. The minimum atomic E-state index is -0.630. The Morgan fingerprint density at radius 3 is 1.98 bits per heavy atom. The van der Waals surface area contributed by atoms with Crippen molar-refractivity contribution in [1.29, 1.82) is 0 Å². The van der Waals surface area contributed by atoms with Crippen LogP contribution in [0.25, 0.3) is 55.9 Å². The van der Waals surface area contributed by atoms with E-state index < -0.39 is 5.41 Å². The van der Waals surface area contributed by atoms with Crippen LogP contribution in [0.2, 0.25) is 0 Å². The first-order valence-electron chi connectivity index (χ1n) is 19.0. The largest absolute Gasteiger partial charge is 0.398 e. The number of hydrogen-bond acceptors (Lipinski definition) is 1. The molecular weight excluding hydrogens is 663 g/mol. The molecule has 0 heterocycles. The van der Waals surface area contributed by atoms with Gasteiger partial charge in [-0.15, -0.1) is 0 Å². The van der Waals surface area contributed by atoms with E-state index in [0.717, 1.165) is 16.8 Å². The van der Waals surface area contributed by atoms with Gasteiger partial charge >= 0.3 is 0 Å². The Labute approximate surface area is 323 Å². The van der Waals surface area contributed by atoms with Crippen molar-refractivity contribution in [3.05, 3.63) is 251 Å². The predicted octanol–water partition coefficient (Wildman–Crippen LogP) is 13.2. The molecule has 0 aliphatic heterocycles. The number of nitrogens with two attached hydrogens (primary N) is 1. The van der Waals surface area contributed by atoms with Gasteiger partial charge in [0.05, 0.1) is 5.41 Å². The Kier molecular flexibility index (Phi) is 7.82. The van der Waals surface area contributed by atoms with Gasteiger partial charge in [0.25, 0.3) is 0 Å². The highest BCUT2D eigenvalue weighted by Crippen LogP contribution is 2.60. The van der Waals surface area contributed by atoms with Crippen LogP contribution in [0.3, 0.4) is 0 Å². The number of rotatable bonds is 5. The van der Waals surface area contributed by atoms with Gasteiger partial charge in [-0.1, -0.05) is 207 Å². The summed E-state index contributed by atoms with van der Waals surface area (Å²) in [6.45, 7) is 4.93. The number of fused-ring (bicyclic) bond motifs is 11. The summed E-state index contributed by atoms with van der Waals surface area (Å²) in [5.74, 6) is -0.0878. The van der Waals surface area contributed by atoms with Gasteiger partial charge in [-0.05, 0) is 94.7 Å². The average Bonchev–Trinajstić information content (AvgIpc) is 3.55. The van der Waals surface area contributed by atoms with E-state index in [-0.39, 0.29) is 5.92 Å². The molecule has 2 aliphatic rings. The second kappa shape index (κ2) is 13.2. The smallest absolute Gasteiger partial charge is 0.0714 e. The van der Waals surface area contributed by atoms with Crippen molar-refractivity contribution in [2.24, 2.45) is 5.73 Å². The lowest BCUT2D eigenvalue weighted by Gasteiger charge is -2.38. The fraction of sp³-hybridized carbons (Fsp3) is 0.0370. The molecule has 1 nitrogen and oxygen atoms in total. The summed E-state index contributed by atoms with van der Waals surface area (Å²) in [6, 6.07) is 68.0. The molecule has 0 amide bonds. The van der Waals surface area contributed by atoms with Gasteiger partial charge in [0, 0.05) is 11.6 Å². The standard InChI is InChI=1S/C54H39N/c1-36-24-25-40-18-8-10-20-44(40)53-45-21-11-9-19-41(45)31-33-50(53)54(36)49-23-13-12-22-46(49)47-32-30-43(34-51(47)54)48(39-16-6-3-7-17-39)35-52(55)42-28-26-38(27-29-42)37-14-4-2-5-15-37/h2-35,48H,1,55H2/b25-24-,52-35-. The molecular formula is C54H39N. The molecule has 2 aliphatic carbocycles. The van der Waals surface area contributed by atoms with E-state index in [9.17, 15) is 0 Å². The summed E-state index contributed by atoms with van der Waals surface area (Å²) in [4.78, 5) is 0. The van der Waals surface area contributed by atoms with Crippen LogP contribution in [0.5, 0.6) is 0 Å². The third-order valence-electron chi connectivity index (χ3n) is 11.8. The topological polar surface area (TPSA) is 26.0 Å². The summed E-state index contributed by atoms with van der Waals surface area (Å²) < 4.78 is 0. The molecule has 10 rings (SSSR count). The van der Waals surface area contributed by atoms with Crippen molar-refractivity contribution in [2.75, 3.05) is 0 Å². The Morgan fingerprint density at radius 2 is 1.16 bits per heavy atom. The van der Waals surface area contributed by atoms with Gasteiger partial charge in [-0.25, -0.2) is 0 Å². The van der Waals surface area contributed by atoms with E-state index in [2.05, 4.69) is 200 Å². The molecule has 8 aromatic rings. The SMILES string of the molecule is C=C1/C=C\c2ccccc2-c2c(ccc3ccccc23)C12c1ccccc1-c1ccc(C(/C=C(\N)c3ccc(-c4ccccc4)cc3)c3ccccc3)cc12. The van der Waals surface area contributed by atoms with Crippen LogP contribution in [0.4, 0.5) is 0 Å². The number of allylic oxidation sites excluding steroid dienone is 3. The molecule has 0 fully saturated rings. The van der Waals surface area contributed by atoms with Crippen LogP contribution in [0, 0.1) is 0 Å². The summed E-state index contributed by atoms with van der Waals surface area (Å²) >= 11 is 0. The Balaban J connectivity index is 1.20. The van der Waals surface area contributed by atoms with Gasteiger partial charge in [-0.2, -0.15) is 0 Å². The predicted molar refractivity (Wildman–Crippen MR) is 232 cm³/mol. The molecule has 0 aromatic heterocycles. The van der Waals surface area contributed by atoms with Crippen LogP contribution in [0.1, 0.15) is 44.9 Å². The molecule has 0 saturated carbocycles. The molecule has 1 heteroatoms. The molecule has 260 valence electrons. The molecule has 2 unspecified atom stereocenters. The number of hydrogen-bond donors (Lipinski definition) is 1. The maximum absolute atomic E-state index is 7.04. The fourth-order valence-electron chi connectivity index (χ4n) is 9.17. The van der Waals surface area contributed by atoms with Gasteiger partial charge in [0.2, 0.25) is 0 Å². The van der Waals surface area contributed by atoms with Gasteiger partial charge in [0.15, 0.2) is 0 Å². The Morgan fingerprint density at radius 1 is 0.509 bits per heavy atom. The van der Waals surface area contributed by atoms with Crippen LogP contribution in [-0.2, 0) is 5.41 Å². The molecule has 8 aromatic carbocycles. The zero-order chi connectivity index (χ0) is 36.9. The molecule has 1 spiro atoms. The molecule has 0 radical (unpaired) electrons. The fourth-order valence-corrected chi connectivity index (χ4v) is 9.17. The van der Waals surface area contributed by atoms with Gasteiger partial charge in [0.1, 0.15) is 0 Å². The normalized spacial score (nSPS) is 16.7. The monoisotopic (exact) mass is 701 g/mol. The van der Waals surface area contributed by atoms with Crippen molar-refractivity contribution in [2.45, 2.75) is 11.3 Å². The quantitative estimate of drug-likeness (QED) is 0.190. The van der Waals surface area contributed by atoms with E-state index in [0.29, 0.717) is 0 Å². The average molecular weight is 702 g/mol. The molecule has 2 atom stereocenters. The van der Waals surface area contributed by atoms with Crippen molar-refractivity contribution in [1.82, 2.24) is 0 Å². The summed E-state index contributed by atoms with van der Waals surface area (Å²) in [6.07, 6.45) is 6.74. The third-order valence-corrected chi connectivity index (χ3v) is 11.8. The van der Waals surface area contributed by atoms with Crippen LogP contribution >= 0.6 is 0 Å². The minimum absolute atomic E-state index is 0.0878. The minimum Gasteiger partial charge on any atom is -0.398 e. The summed E-state index contributed by atoms with van der Waals surface area (Å²) in [5, 5.41) is 2.47. The van der Waals surface area contributed by atoms with E-state index >= 15 is 0 Å². The molecule has 55 heavy (non-hydrogen) atoms. The van der Waals surface area contributed by atoms with E-state index in [1.165, 1.54) is 77.5 Å². The zero-order valence-corrected chi connectivity index (χ0v) is 30.5. The van der Waals surface area contributed by atoms with Gasteiger partial charge in [-0.3, -0.25) is 0 Å². The molecule has 0 bridgehead atoms. The first kappa shape index (κ1) is 32.7. The Hall–Kier alpha value is -6.96. The highest BCUT2D eigenvalue weighted by Gasteiger charge is 2.48. The third kappa shape index (κ3) is 5.23. The van der Waals surface area contributed by atoms with Crippen molar-refractivity contribution in [3.8, 4) is 33.4 Å². The first-order valence-corrected chi connectivity index (χ1v) is 19.0. The van der Waals surface area contributed by atoms with E-state index in [1.54, 1.807) is 0 Å². The summed E-state index contributed by atoms with van der Waals surface area (Å²) in [5.41, 5.74) is 23.9.